The zero-order chi connectivity index (χ0) is 22.5. The van der Waals surface area contributed by atoms with Crippen LogP contribution in [0.2, 0.25) is 0 Å². The highest BCUT2D eigenvalue weighted by Gasteiger charge is 2.37. The van der Waals surface area contributed by atoms with Crippen molar-refractivity contribution in [1.29, 1.82) is 0 Å². The SMILES string of the molecule is CCOc1cccc(N2C(=O)NC(=O)/C(=C\c3cccc(OC)c3OC(C)C)C2=O)c1. The van der Waals surface area contributed by atoms with Crippen molar-refractivity contribution in [3.63, 3.8) is 0 Å². The molecule has 2 aromatic rings. The van der Waals surface area contributed by atoms with Gasteiger partial charge in [0.05, 0.1) is 25.5 Å². The summed E-state index contributed by atoms with van der Waals surface area (Å²) in [6.07, 6.45) is 1.23. The Balaban J connectivity index is 2.05. The van der Waals surface area contributed by atoms with Gasteiger partial charge in [-0.3, -0.25) is 14.9 Å². The van der Waals surface area contributed by atoms with Gasteiger partial charge in [-0.05, 0) is 45.0 Å². The molecule has 0 aliphatic carbocycles. The Morgan fingerprint density at radius 1 is 1.10 bits per heavy atom. The topological polar surface area (TPSA) is 94.2 Å². The summed E-state index contributed by atoms with van der Waals surface area (Å²) in [6, 6.07) is 10.8. The lowest BCUT2D eigenvalue weighted by Crippen LogP contribution is -2.54. The molecular weight excluding hydrogens is 400 g/mol. The number of imide groups is 2. The molecule has 0 unspecified atom stereocenters. The second-order valence-corrected chi connectivity index (χ2v) is 6.93. The predicted octanol–water partition coefficient (Wildman–Crippen LogP) is 3.55. The van der Waals surface area contributed by atoms with Gasteiger partial charge in [-0.15, -0.1) is 0 Å². The van der Waals surface area contributed by atoms with E-state index in [9.17, 15) is 14.4 Å². The number of carbonyl (C=O) groups excluding carboxylic acids is 3. The molecule has 8 nitrogen and oxygen atoms in total. The van der Waals surface area contributed by atoms with Gasteiger partial charge in [0, 0.05) is 11.6 Å². The highest BCUT2D eigenvalue weighted by atomic mass is 16.5. The van der Waals surface area contributed by atoms with Gasteiger partial charge in [0.2, 0.25) is 0 Å². The summed E-state index contributed by atoms with van der Waals surface area (Å²) in [5, 5.41) is 2.21. The highest BCUT2D eigenvalue weighted by Crippen LogP contribution is 2.34. The molecule has 1 heterocycles. The molecule has 0 atom stereocenters. The van der Waals surface area contributed by atoms with E-state index >= 15 is 0 Å². The molecule has 0 radical (unpaired) electrons. The van der Waals surface area contributed by atoms with Crippen LogP contribution in [0, 0.1) is 0 Å². The molecule has 162 valence electrons. The Morgan fingerprint density at radius 3 is 2.52 bits per heavy atom. The van der Waals surface area contributed by atoms with Gasteiger partial charge in [-0.1, -0.05) is 18.2 Å². The van der Waals surface area contributed by atoms with Crippen LogP contribution in [0.25, 0.3) is 6.08 Å². The van der Waals surface area contributed by atoms with Crippen molar-refractivity contribution in [2.45, 2.75) is 26.9 Å². The number of anilines is 1. The second-order valence-electron chi connectivity index (χ2n) is 6.93. The Bertz CT molecular complexity index is 1040. The third kappa shape index (κ3) is 4.69. The average molecular weight is 424 g/mol. The van der Waals surface area contributed by atoms with Crippen LogP contribution in [0.5, 0.6) is 17.2 Å². The molecule has 0 saturated carbocycles. The van der Waals surface area contributed by atoms with E-state index in [0.717, 1.165) is 4.90 Å². The number of nitrogens with one attached hydrogen (secondary N) is 1. The maximum absolute atomic E-state index is 13.2. The molecule has 4 amide bonds. The monoisotopic (exact) mass is 424 g/mol. The molecule has 1 aliphatic rings. The van der Waals surface area contributed by atoms with E-state index in [-0.39, 0.29) is 17.4 Å². The second kappa shape index (κ2) is 9.34. The molecule has 1 N–H and O–H groups in total. The van der Waals surface area contributed by atoms with Crippen LogP contribution < -0.4 is 24.4 Å². The third-order valence-electron chi connectivity index (χ3n) is 4.37. The largest absolute Gasteiger partial charge is 0.494 e. The number of hydrogen-bond acceptors (Lipinski definition) is 6. The van der Waals surface area contributed by atoms with E-state index in [2.05, 4.69) is 5.32 Å². The summed E-state index contributed by atoms with van der Waals surface area (Å²) in [4.78, 5) is 39.0. The lowest BCUT2D eigenvalue weighted by atomic mass is 10.1. The Hall–Kier alpha value is -3.81. The van der Waals surface area contributed by atoms with Gasteiger partial charge in [0.1, 0.15) is 11.3 Å². The van der Waals surface area contributed by atoms with Crippen molar-refractivity contribution >= 4 is 29.6 Å². The standard InChI is InChI=1S/C23H24N2O6/c1-5-30-17-10-7-9-16(13-17)25-22(27)18(21(26)24-23(25)28)12-15-8-6-11-19(29-4)20(15)31-14(2)3/h6-14H,5H2,1-4H3,(H,24,26,28)/b18-12+. The zero-order valence-electron chi connectivity index (χ0n) is 17.8. The quantitative estimate of drug-likeness (QED) is 0.540. The van der Waals surface area contributed by atoms with Crippen molar-refractivity contribution in [3.8, 4) is 17.2 Å². The Kier molecular flexibility index (Phi) is 6.59. The molecule has 31 heavy (non-hydrogen) atoms. The lowest BCUT2D eigenvalue weighted by Gasteiger charge is -2.27. The smallest absolute Gasteiger partial charge is 0.335 e. The molecule has 1 fully saturated rings. The van der Waals surface area contributed by atoms with E-state index < -0.39 is 17.8 Å². The summed E-state index contributed by atoms with van der Waals surface area (Å²) >= 11 is 0. The number of hydrogen-bond donors (Lipinski definition) is 1. The summed E-state index contributed by atoms with van der Waals surface area (Å²) < 4.78 is 16.6. The summed E-state index contributed by atoms with van der Waals surface area (Å²) in [5.41, 5.74) is 0.559. The van der Waals surface area contributed by atoms with E-state index in [1.165, 1.54) is 13.2 Å². The molecule has 3 rings (SSSR count). The number of ether oxygens (including phenoxy) is 3. The molecule has 1 aliphatic heterocycles. The van der Waals surface area contributed by atoms with Gasteiger partial charge in [0.25, 0.3) is 11.8 Å². The van der Waals surface area contributed by atoms with Crippen molar-refractivity contribution < 1.29 is 28.6 Å². The minimum atomic E-state index is -0.829. The lowest BCUT2D eigenvalue weighted by molar-refractivity contribution is -0.122. The Morgan fingerprint density at radius 2 is 1.84 bits per heavy atom. The fourth-order valence-corrected chi connectivity index (χ4v) is 3.10. The van der Waals surface area contributed by atoms with E-state index in [1.807, 2.05) is 20.8 Å². The van der Waals surface area contributed by atoms with E-state index in [1.54, 1.807) is 42.5 Å². The molecule has 0 aromatic heterocycles. The highest BCUT2D eigenvalue weighted by molar-refractivity contribution is 6.39. The molecule has 0 spiro atoms. The summed E-state index contributed by atoms with van der Waals surface area (Å²) in [5.74, 6) is -0.173. The minimum absolute atomic E-state index is 0.163. The first-order chi connectivity index (χ1) is 14.8. The number of benzene rings is 2. The van der Waals surface area contributed by atoms with Gasteiger partial charge in [-0.25, -0.2) is 9.69 Å². The fraction of sp³-hybridized carbons (Fsp3) is 0.261. The van der Waals surface area contributed by atoms with Gasteiger partial charge >= 0.3 is 6.03 Å². The van der Waals surface area contributed by atoms with E-state index in [0.29, 0.717) is 29.4 Å². The fourth-order valence-electron chi connectivity index (χ4n) is 3.10. The number of rotatable bonds is 7. The normalized spacial score (nSPS) is 15.3. The number of amides is 4. The first-order valence-electron chi connectivity index (χ1n) is 9.83. The van der Waals surface area contributed by atoms with Crippen LogP contribution >= 0.6 is 0 Å². The molecule has 0 bridgehead atoms. The van der Waals surface area contributed by atoms with Gasteiger partial charge in [-0.2, -0.15) is 0 Å². The van der Waals surface area contributed by atoms with Crippen LogP contribution in [0.4, 0.5) is 10.5 Å². The Labute approximate surface area is 180 Å². The number of urea groups is 1. The van der Waals surface area contributed by atoms with Crippen LogP contribution in [0.1, 0.15) is 26.3 Å². The van der Waals surface area contributed by atoms with Crippen molar-refractivity contribution in [1.82, 2.24) is 5.32 Å². The first kappa shape index (κ1) is 21.9. The third-order valence-corrected chi connectivity index (χ3v) is 4.37. The van der Waals surface area contributed by atoms with Crippen molar-refractivity contribution in [2.24, 2.45) is 0 Å². The molecule has 1 saturated heterocycles. The average Bonchev–Trinajstić information content (AvgIpc) is 2.72. The minimum Gasteiger partial charge on any atom is -0.494 e. The number of carbonyl (C=O) groups is 3. The van der Waals surface area contributed by atoms with Crippen LogP contribution in [0.3, 0.4) is 0 Å². The summed E-state index contributed by atoms with van der Waals surface area (Å²) in [6.45, 7) is 5.97. The van der Waals surface area contributed by atoms with Crippen LogP contribution in [0.15, 0.2) is 48.0 Å². The zero-order valence-corrected chi connectivity index (χ0v) is 17.8. The molecule has 8 heteroatoms. The number of methoxy groups -OCH3 is 1. The summed E-state index contributed by atoms with van der Waals surface area (Å²) in [7, 11) is 1.50. The van der Waals surface area contributed by atoms with Crippen molar-refractivity contribution in [2.75, 3.05) is 18.6 Å². The van der Waals surface area contributed by atoms with Gasteiger partial charge in [0.15, 0.2) is 11.5 Å². The maximum Gasteiger partial charge on any atom is 0.335 e. The molecular formula is C23H24N2O6. The maximum atomic E-state index is 13.2. The van der Waals surface area contributed by atoms with Crippen LogP contribution in [-0.4, -0.2) is 37.7 Å². The predicted molar refractivity (Wildman–Crippen MR) is 115 cm³/mol. The number of para-hydroxylation sites is 1. The van der Waals surface area contributed by atoms with E-state index in [4.69, 9.17) is 14.2 Å². The van der Waals surface area contributed by atoms with Crippen LogP contribution in [-0.2, 0) is 9.59 Å². The molecule has 2 aromatic carbocycles. The first-order valence-corrected chi connectivity index (χ1v) is 9.83. The van der Waals surface area contributed by atoms with Gasteiger partial charge < -0.3 is 14.2 Å². The van der Waals surface area contributed by atoms with Crippen molar-refractivity contribution in [3.05, 3.63) is 53.6 Å². The number of nitrogens with zero attached hydrogens (tertiary/aromatic N) is 1. The number of barbiturate groups is 1.